The van der Waals surface area contributed by atoms with Crippen LogP contribution in [0, 0.1) is 10.1 Å². The lowest BCUT2D eigenvalue weighted by molar-refractivity contribution is -0.467. The Bertz CT molecular complexity index is 205. The predicted octanol–water partition coefficient (Wildman–Crippen LogP) is 0.111. The Balaban J connectivity index is 3.45. The monoisotopic (exact) mass is 217 g/mol. The average Bonchev–Trinajstić information content (AvgIpc) is 2.17. The highest BCUT2D eigenvalue weighted by Gasteiger charge is 2.07. The van der Waals surface area contributed by atoms with Gasteiger partial charge >= 0.3 is 0 Å². The summed E-state index contributed by atoms with van der Waals surface area (Å²) in [5, 5.41) is 12.5. The van der Waals surface area contributed by atoms with Crippen LogP contribution in [0.3, 0.4) is 0 Å². The van der Waals surface area contributed by atoms with Crippen molar-refractivity contribution in [2.75, 3.05) is 32.7 Å². The molecule has 0 fully saturated rings. The van der Waals surface area contributed by atoms with Gasteiger partial charge in [0.25, 0.3) is 12.5 Å². The minimum absolute atomic E-state index is 0.503. The highest BCUT2D eigenvalue weighted by molar-refractivity contribution is 5.76. The molecule has 6 nitrogen and oxygen atoms in total. The van der Waals surface area contributed by atoms with E-state index in [9.17, 15) is 14.9 Å². The normalized spacial score (nSPS) is 10.3. The van der Waals surface area contributed by atoms with Crippen molar-refractivity contribution >= 4 is 5.91 Å². The van der Waals surface area contributed by atoms with E-state index in [2.05, 4.69) is 24.1 Å². The first kappa shape index (κ1) is 13.8. The standard InChI is InChI=1S/C9H19N3O3/c1-3-11(4-2)7-5-6-10-9(13)8-12(14)15/h3-8H2,1-2H3,(H,10,13). The third-order valence-electron chi connectivity index (χ3n) is 2.14. The van der Waals surface area contributed by atoms with E-state index in [-0.39, 0.29) is 0 Å². The van der Waals surface area contributed by atoms with Gasteiger partial charge in [-0.3, -0.25) is 14.9 Å². The number of nitro groups is 1. The van der Waals surface area contributed by atoms with Crippen molar-refractivity contribution in [1.29, 1.82) is 0 Å². The zero-order valence-corrected chi connectivity index (χ0v) is 9.36. The van der Waals surface area contributed by atoms with Crippen molar-refractivity contribution in [3.8, 4) is 0 Å². The van der Waals surface area contributed by atoms with Crippen LogP contribution >= 0.6 is 0 Å². The number of hydrogen-bond donors (Lipinski definition) is 1. The lowest BCUT2D eigenvalue weighted by Gasteiger charge is -2.17. The second-order valence-electron chi connectivity index (χ2n) is 3.22. The van der Waals surface area contributed by atoms with Gasteiger partial charge in [0.05, 0.1) is 0 Å². The molecule has 88 valence electrons. The number of amides is 1. The van der Waals surface area contributed by atoms with Gasteiger partial charge in [-0.25, -0.2) is 0 Å². The Hall–Kier alpha value is -1.17. The molecule has 15 heavy (non-hydrogen) atoms. The second-order valence-corrected chi connectivity index (χ2v) is 3.22. The molecule has 0 heterocycles. The highest BCUT2D eigenvalue weighted by atomic mass is 16.6. The van der Waals surface area contributed by atoms with E-state index in [1.165, 1.54) is 0 Å². The summed E-state index contributed by atoms with van der Waals surface area (Å²) < 4.78 is 0. The van der Waals surface area contributed by atoms with Crippen LogP contribution in [0.15, 0.2) is 0 Å². The predicted molar refractivity (Wildman–Crippen MR) is 57.3 cm³/mol. The molecule has 0 aliphatic rings. The molecule has 0 aromatic rings. The largest absolute Gasteiger partial charge is 0.350 e. The van der Waals surface area contributed by atoms with Gasteiger partial charge < -0.3 is 10.2 Å². The van der Waals surface area contributed by atoms with Crippen LogP contribution in [0.1, 0.15) is 20.3 Å². The van der Waals surface area contributed by atoms with Gasteiger partial charge in [-0.05, 0) is 26.1 Å². The summed E-state index contributed by atoms with van der Waals surface area (Å²) in [4.78, 5) is 22.5. The Labute approximate surface area is 89.8 Å². The number of nitrogens with zero attached hydrogens (tertiary/aromatic N) is 2. The van der Waals surface area contributed by atoms with Gasteiger partial charge in [0.2, 0.25) is 0 Å². The Kier molecular flexibility index (Phi) is 7.53. The number of carbonyl (C=O) groups is 1. The van der Waals surface area contributed by atoms with Gasteiger partial charge in [-0.2, -0.15) is 0 Å². The Morgan fingerprint density at radius 2 is 2.00 bits per heavy atom. The number of hydrogen-bond acceptors (Lipinski definition) is 4. The van der Waals surface area contributed by atoms with E-state index < -0.39 is 17.4 Å². The van der Waals surface area contributed by atoms with Crippen LogP contribution in [0.2, 0.25) is 0 Å². The fourth-order valence-electron chi connectivity index (χ4n) is 1.24. The van der Waals surface area contributed by atoms with Gasteiger partial charge in [-0.15, -0.1) is 0 Å². The fourth-order valence-corrected chi connectivity index (χ4v) is 1.24. The van der Waals surface area contributed by atoms with Gasteiger partial charge in [0.15, 0.2) is 0 Å². The molecule has 0 bridgehead atoms. The average molecular weight is 217 g/mol. The summed E-state index contributed by atoms with van der Waals surface area (Å²) in [5.41, 5.74) is 0. The lowest BCUT2D eigenvalue weighted by atomic mass is 10.3. The van der Waals surface area contributed by atoms with E-state index in [4.69, 9.17) is 0 Å². The molecule has 0 spiro atoms. The maximum atomic E-state index is 10.9. The van der Waals surface area contributed by atoms with Crippen molar-refractivity contribution in [2.24, 2.45) is 0 Å². The van der Waals surface area contributed by atoms with Crippen LogP contribution in [-0.2, 0) is 4.79 Å². The molecule has 1 amide bonds. The van der Waals surface area contributed by atoms with Crippen LogP contribution < -0.4 is 5.32 Å². The van der Waals surface area contributed by atoms with Crippen molar-refractivity contribution in [2.45, 2.75) is 20.3 Å². The lowest BCUT2D eigenvalue weighted by Crippen LogP contribution is -2.33. The first-order valence-corrected chi connectivity index (χ1v) is 5.21. The Morgan fingerprint density at radius 3 is 2.47 bits per heavy atom. The third-order valence-corrected chi connectivity index (χ3v) is 2.14. The summed E-state index contributed by atoms with van der Waals surface area (Å²) in [6, 6.07) is 0. The van der Waals surface area contributed by atoms with E-state index in [1.54, 1.807) is 0 Å². The van der Waals surface area contributed by atoms with Gasteiger partial charge in [-0.1, -0.05) is 13.8 Å². The quantitative estimate of drug-likeness (QED) is 0.356. The van der Waals surface area contributed by atoms with Crippen molar-refractivity contribution < 1.29 is 9.72 Å². The first-order valence-electron chi connectivity index (χ1n) is 5.21. The summed E-state index contributed by atoms with van der Waals surface area (Å²) in [6.07, 6.45) is 0.825. The molecule has 0 aromatic carbocycles. The molecule has 1 N–H and O–H groups in total. The molecule has 0 unspecified atom stereocenters. The smallest absolute Gasteiger partial charge is 0.291 e. The van der Waals surface area contributed by atoms with Gasteiger partial charge in [0.1, 0.15) is 0 Å². The molecule has 0 aromatic heterocycles. The SMILES string of the molecule is CCN(CC)CCCNC(=O)C[N+](=O)[O-]. The molecular weight excluding hydrogens is 198 g/mol. The van der Waals surface area contributed by atoms with Crippen LogP contribution in [0.4, 0.5) is 0 Å². The number of nitrogens with one attached hydrogen (secondary N) is 1. The highest BCUT2D eigenvalue weighted by Crippen LogP contribution is 1.89. The first-order chi connectivity index (χ1) is 7.10. The van der Waals surface area contributed by atoms with E-state index in [0.717, 1.165) is 26.1 Å². The molecule has 0 radical (unpaired) electrons. The fraction of sp³-hybridized carbons (Fsp3) is 0.889. The minimum atomic E-state index is -0.634. The Morgan fingerprint density at radius 1 is 1.40 bits per heavy atom. The maximum Gasteiger partial charge on any atom is 0.291 e. The minimum Gasteiger partial charge on any atom is -0.350 e. The molecule has 0 saturated carbocycles. The van der Waals surface area contributed by atoms with Crippen LogP contribution in [0.25, 0.3) is 0 Å². The van der Waals surface area contributed by atoms with E-state index >= 15 is 0 Å². The molecule has 0 aliphatic heterocycles. The van der Waals surface area contributed by atoms with Crippen LogP contribution in [0.5, 0.6) is 0 Å². The molecule has 0 aliphatic carbocycles. The second kappa shape index (κ2) is 8.16. The topological polar surface area (TPSA) is 75.5 Å². The summed E-state index contributed by atoms with van der Waals surface area (Å²) >= 11 is 0. The molecule has 0 atom stereocenters. The summed E-state index contributed by atoms with van der Waals surface area (Å²) in [6.45, 7) is 6.91. The van der Waals surface area contributed by atoms with Gasteiger partial charge in [0, 0.05) is 11.5 Å². The summed E-state index contributed by atoms with van der Waals surface area (Å²) in [7, 11) is 0. The summed E-state index contributed by atoms with van der Waals surface area (Å²) in [5.74, 6) is -0.514. The third kappa shape index (κ3) is 7.87. The molecule has 0 rings (SSSR count). The zero-order valence-electron chi connectivity index (χ0n) is 9.36. The van der Waals surface area contributed by atoms with Crippen molar-refractivity contribution in [3.63, 3.8) is 0 Å². The van der Waals surface area contributed by atoms with Crippen LogP contribution in [-0.4, -0.2) is 48.5 Å². The number of rotatable bonds is 8. The molecule has 6 heteroatoms. The number of carbonyl (C=O) groups excluding carboxylic acids is 1. The zero-order chi connectivity index (χ0) is 11.7. The molecular formula is C9H19N3O3. The maximum absolute atomic E-state index is 10.9. The van der Waals surface area contributed by atoms with Crippen molar-refractivity contribution in [3.05, 3.63) is 10.1 Å². The van der Waals surface area contributed by atoms with E-state index in [1.807, 2.05) is 0 Å². The molecule has 0 saturated heterocycles. The van der Waals surface area contributed by atoms with Crippen molar-refractivity contribution in [1.82, 2.24) is 10.2 Å². The van der Waals surface area contributed by atoms with E-state index in [0.29, 0.717) is 6.54 Å².